The molecule has 0 radical (unpaired) electrons. The summed E-state index contributed by atoms with van der Waals surface area (Å²) in [6, 6.07) is 13.1. The molecule has 1 saturated carbocycles. The molecule has 2 N–H and O–H groups in total. The molecule has 5 rings (SSSR count). The number of amides is 1. The van der Waals surface area contributed by atoms with Gasteiger partial charge in [0, 0.05) is 23.4 Å². The molecule has 1 atom stereocenters. The lowest BCUT2D eigenvalue weighted by Crippen LogP contribution is -2.30. The van der Waals surface area contributed by atoms with Gasteiger partial charge < -0.3 is 14.5 Å². The third-order valence-corrected chi connectivity index (χ3v) is 7.18. The Labute approximate surface area is 231 Å². The molecule has 1 amide bonds. The molecule has 0 spiro atoms. The van der Waals surface area contributed by atoms with Crippen LogP contribution in [0.1, 0.15) is 40.4 Å². The van der Waals surface area contributed by atoms with E-state index in [1.165, 1.54) is 23.0 Å². The zero-order valence-corrected chi connectivity index (χ0v) is 21.8. The maximum Gasteiger partial charge on any atom is 0.387 e. The van der Waals surface area contributed by atoms with E-state index in [0.717, 1.165) is 30.5 Å². The van der Waals surface area contributed by atoms with Crippen molar-refractivity contribution < 1.29 is 27.1 Å². The lowest BCUT2D eigenvalue weighted by molar-refractivity contribution is -0.0496. The third-order valence-electron chi connectivity index (χ3n) is 6.44. The topological polar surface area (TPSA) is 80.2 Å². The second-order valence-electron chi connectivity index (χ2n) is 9.24. The van der Waals surface area contributed by atoms with Gasteiger partial charge in [-0.05, 0) is 77.9 Å². The number of rotatable bonds is 9. The van der Waals surface area contributed by atoms with E-state index in [9.17, 15) is 18.0 Å². The average molecular weight is 576 g/mol. The Balaban J connectivity index is 1.54. The zero-order chi connectivity index (χ0) is 27.7. The van der Waals surface area contributed by atoms with Gasteiger partial charge >= 0.3 is 6.61 Å². The molecular weight excluding hydrogens is 554 g/mol. The van der Waals surface area contributed by atoms with Gasteiger partial charge in [-0.3, -0.25) is 14.8 Å². The fourth-order valence-electron chi connectivity index (χ4n) is 4.46. The number of hydrogen-bond acceptors (Lipinski definition) is 4. The van der Waals surface area contributed by atoms with E-state index < -0.39 is 18.3 Å². The van der Waals surface area contributed by atoms with Crippen molar-refractivity contribution in [2.75, 3.05) is 0 Å². The largest absolute Gasteiger partial charge is 0.434 e. The molecule has 1 aliphatic rings. The van der Waals surface area contributed by atoms with Crippen molar-refractivity contribution in [3.05, 3.63) is 105 Å². The molecule has 11 heteroatoms. The molecule has 0 saturated heterocycles. The monoisotopic (exact) mass is 575 g/mol. The van der Waals surface area contributed by atoms with Crippen molar-refractivity contribution in [3.63, 3.8) is 0 Å². The van der Waals surface area contributed by atoms with E-state index >= 15 is 0 Å². The molecule has 39 heavy (non-hydrogen) atoms. The van der Waals surface area contributed by atoms with Gasteiger partial charge in [-0.2, -0.15) is 8.78 Å². The van der Waals surface area contributed by atoms with Crippen LogP contribution in [0.15, 0.2) is 71.5 Å². The number of halogens is 5. The number of carbonyl (C=O) groups excluding carboxylic acids is 1. The first-order chi connectivity index (χ1) is 18.7. The lowest BCUT2D eigenvalue weighted by atomic mass is 9.97. The number of nitrogens with one attached hydrogen (secondary N) is 2. The van der Waals surface area contributed by atoms with Crippen LogP contribution in [0.4, 0.5) is 13.2 Å². The molecule has 202 valence electrons. The number of aromatic nitrogens is 1. The minimum atomic E-state index is -3.17. The summed E-state index contributed by atoms with van der Waals surface area (Å²) < 4.78 is 51.2. The highest BCUT2D eigenvalue weighted by molar-refractivity contribution is 6.42. The SMILES string of the molecule is N=c1occn1Cc1cc(C(=O)N[C@H](c2ccc(Cl)c(Cl)c2)C2CC2)cc(-c2ccc(F)cc2OC(F)F)c1. The maximum absolute atomic E-state index is 13.9. The van der Waals surface area contributed by atoms with Crippen LogP contribution in [0.2, 0.25) is 10.0 Å². The minimum absolute atomic E-state index is 0.108. The van der Waals surface area contributed by atoms with Gasteiger partial charge in [-0.15, -0.1) is 0 Å². The normalized spacial score (nSPS) is 13.9. The van der Waals surface area contributed by atoms with Crippen molar-refractivity contribution in [1.29, 1.82) is 5.41 Å². The molecule has 0 aliphatic heterocycles. The molecule has 4 aromatic rings. The van der Waals surface area contributed by atoms with Crippen LogP contribution >= 0.6 is 23.2 Å². The number of ether oxygens (including phenoxy) is 1. The van der Waals surface area contributed by atoms with Gasteiger partial charge in [0.2, 0.25) is 0 Å². The maximum atomic E-state index is 13.9. The van der Waals surface area contributed by atoms with Crippen molar-refractivity contribution >= 4 is 29.1 Å². The van der Waals surface area contributed by atoms with Crippen LogP contribution in [0, 0.1) is 17.1 Å². The van der Waals surface area contributed by atoms with Crippen LogP contribution in [-0.4, -0.2) is 17.1 Å². The van der Waals surface area contributed by atoms with Gasteiger partial charge in [0.15, 0.2) is 0 Å². The van der Waals surface area contributed by atoms with Gasteiger partial charge in [-0.25, -0.2) is 4.39 Å². The Morgan fingerprint density at radius 2 is 1.90 bits per heavy atom. The van der Waals surface area contributed by atoms with Gasteiger partial charge in [0.05, 0.1) is 22.6 Å². The molecule has 1 heterocycles. The Hall–Kier alpha value is -3.69. The first-order valence-electron chi connectivity index (χ1n) is 12.0. The number of nitrogens with zero attached hydrogens (tertiary/aromatic N) is 1. The Bertz CT molecular complexity index is 1580. The fraction of sp³-hybridized carbons (Fsp3) is 0.214. The number of oxazole rings is 1. The number of carbonyl (C=O) groups is 1. The van der Waals surface area contributed by atoms with Gasteiger partial charge in [0.1, 0.15) is 17.8 Å². The number of benzene rings is 3. The van der Waals surface area contributed by atoms with E-state index in [4.69, 9.17) is 33.0 Å². The summed E-state index contributed by atoms with van der Waals surface area (Å²) in [7, 11) is 0. The van der Waals surface area contributed by atoms with E-state index in [0.29, 0.717) is 21.2 Å². The molecule has 3 aromatic carbocycles. The van der Waals surface area contributed by atoms with Crippen LogP contribution < -0.4 is 15.7 Å². The van der Waals surface area contributed by atoms with E-state index in [1.807, 2.05) is 6.07 Å². The molecule has 0 unspecified atom stereocenters. The van der Waals surface area contributed by atoms with E-state index in [2.05, 4.69) is 10.1 Å². The average Bonchev–Trinajstić information content (AvgIpc) is 3.65. The van der Waals surface area contributed by atoms with E-state index in [1.54, 1.807) is 30.5 Å². The predicted molar refractivity (Wildman–Crippen MR) is 140 cm³/mol. The highest BCUT2D eigenvalue weighted by atomic mass is 35.5. The number of hydrogen-bond donors (Lipinski definition) is 2. The summed E-state index contributed by atoms with van der Waals surface area (Å²) in [5.74, 6) is -1.28. The second kappa shape index (κ2) is 11.2. The third kappa shape index (κ3) is 6.32. The van der Waals surface area contributed by atoms with Crippen LogP contribution in [0.5, 0.6) is 5.75 Å². The standard InChI is InChI=1S/C28H22Cl2F3N3O3/c29-22-6-3-17(12-23(22)30)25(16-1-2-16)35-26(37)19-10-15(14-36-7-8-38-28(36)34)9-18(11-19)21-5-4-20(31)13-24(21)39-27(32)33/h3-13,16,25,27,34H,1-2,14H2,(H,35,37)/t25-/m0/s1. The molecule has 1 aromatic heterocycles. The fourth-order valence-corrected chi connectivity index (χ4v) is 4.76. The van der Waals surface area contributed by atoms with Gasteiger partial charge in [0.25, 0.3) is 11.6 Å². The summed E-state index contributed by atoms with van der Waals surface area (Å²) in [5, 5.41) is 11.8. The Morgan fingerprint density at radius 1 is 1.10 bits per heavy atom. The second-order valence-corrected chi connectivity index (χ2v) is 10.1. The summed E-state index contributed by atoms with van der Waals surface area (Å²) in [5.41, 5.74) is 2.08. The first-order valence-corrected chi connectivity index (χ1v) is 12.8. The summed E-state index contributed by atoms with van der Waals surface area (Å²) in [4.78, 5) is 13.6. The zero-order valence-electron chi connectivity index (χ0n) is 20.3. The van der Waals surface area contributed by atoms with Crippen molar-refractivity contribution in [2.45, 2.75) is 32.0 Å². The molecule has 6 nitrogen and oxygen atoms in total. The van der Waals surface area contributed by atoms with Crippen molar-refractivity contribution in [3.8, 4) is 16.9 Å². The van der Waals surface area contributed by atoms with Crippen molar-refractivity contribution in [1.82, 2.24) is 9.88 Å². The van der Waals surface area contributed by atoms with E-state index in [-0.39, 0.29) is 41.1 Å². The molecular formula is C28H22Cl2F3N3O3. The highest BCUT2D eigenvalue weighted by Crippen LogP contribution is 2.42. The van der Waals surface area contributed by atoms with Crippen LogP contribution in [0.25, 0.3) is 11.1 Å². The smallest absolute Gasteiger partial charge is 0.387 e. The molecule has 1 fully saturated rings. The first kappa shape index (κ1) is 26.9. The van der Waals surface area contributed by atoms with Crippen molar-refractivity contribution in [2.24, 2.45) is 5.92 Å². The van der Waals surface area contributed by atoms with Crippen LogP contribution in [0.3, 0.4) is 0 Å². The van der Waals surface area contributed by atoms with Gasteiger partial charge in [-0.1, -0.05) is 29.3 Å². The quantitative estimate of drug-likeness (QED) is 0.221. The summed E-state index contributed by atoms with van der Waals surface area (Å²) in [6.45, 7) is -3.01. The summed E-state index contributed by atoms with van der Waals surface area (Å²) >= 11 is 12.3. The predicted octanol–water partition coefficient (Wildman–Crippen LogP) is 7.20. The molecule has 1 aliphatic carbocycles. The highest BCUT2D eigenvalue weighted by Gasteiger charge is 2.34. The van der Waals surface area contributed by atoms with Crippen LogP contribution in [-0.2, 0) is 6.54 Å². The minimum Gasteiger partial charge on any atom is -0.434 e. The lowest BCUT2D eigenvalue weighted by Gasteiger charge is -2.20. The Morgan fingerprint density at radius 3 is 2.56 bits per heavy atom. The summed E-state index contributed by atoms with van der Waals surface area (Å²) in [6.07, 6.45) is 4.78. The Kier molecular flexibility index (Phi) is 7.72. The number of alkyl halides is 2. The molecule has 0 bridgehead atoms.